The number of rotatable bonds is 4. The molecule has 0 aliphatic heterocycles. The monoisotopic (exact) mass is 340 g/mol. The number of hydrogen-bond donors (Lipinski definition) is 2. The number of benzene rings is 1. The second kappa shape index (κ2) is 6.83. The number of hydrogen-bond acceptors (Lipinski definition) is 6. The summed E-state index contributed by atoms with van der Waals surface area (Å²) >= 11 is 1.55. The number of aliphatic hydroxyl groups excluding tert-OH is 1. The zero-order chi connectivity index (χ0) is 16.4. The van der Waals surface area contributed by atoms with Crippen LogP contribution in [0.2, 0.25) is 0 Å². The lowest BCUT2D eigenvalue weighted by Crippen LogP contribution is -2.30. The van der Waals surface area contributed by atoms with Gasteiger partial charge in [-0.05, 0) is 30.4 Å². The zero-order valence-corrected chi connectivity index (χ0v) is 14.2. The van der Waals surface area contributed by atoms with Gasteiger partial charge in [0.2, 0.25) is 5.13 Å². The number of fused-ring (bicyclic) bond motifs is 1. The van der Waals surface area contributed by atoms with E-state index in [1.54, 1.807) is 17.5 Å². The van der Waals surface area contributed by atoms with Gasteiger partial charge in [-0.2, -0.15) is 0 Å². The van der Waals surface area contributed by atoms with Crippen molar-refractivity contribution in [2.75, 3.05) is 11.9 Å². The minimum absolute atomic E-state index is 0.187. The van der Waals surface area contributed by atoms with Crippen molar-refractivity contribution in [3.05, 3.63) is 36.7 Å². The van der Waals surface area contributed by atoms with Crippen LogP contribution in [0, 0.1) is 5.92 Å². The Balaban J connectivity index is 1.47. The molecule has 0 unspecified atom stereocenters. The van der Waals surface area contributed by atoms with Crippen LogP contribution in [0.5, 0.6) is 0 Å². The SMILES string of the molecule is O[C@@H]1CCCC[C@H]1CNc1nnc(-c2ccc3cnccc3c2)s1. The van der Waals surface area contributed by atoms with Gasteiger partial charge in [-0.1, -0.05) is 36.3 Å². The van der Waals surface area contributed by atoms with Crippen molar-refractivity contribution in [1.82, 2.24) is 15.2 Å². The number of aromatic nitrogens is 3. The van der Waals surface area contributed by atoms with Gasteiger partial charge >= 0.3 is 0 Å². The molecule has 1 saturated carbocycles. The van der Waals surface area contributed by atoms with Gasteiger partial charge in [0.15, 0.2) is 0 Å². The molecule has 0 saturated heterocycles. The summed E-state index contributed by atoms with van der Waals surface area (Å²) in [7, 11) is 0. The third-order valence-corrected chi connectivity index (χ3v) is 5.63. The Morgan fingerprint density at radius 3 is 2.96 bits per heavy atom. The van der Waals surface area contributed by atoms with Crippen LogP contribution in [-0.4, -0.2) is 32.9 Å². The molecular weight excluding hydrogens is 320 g/mol. The standard InChI is InChI=1S/C18H20N4OS/c23-16-4-2-1-3-15(16)11-20-18-22-21-17(24-18)13-5-6-14-10-19-8-7-12(14)9-13/h5-10,15-16,23H,1-4,11H2,(H,20,22)/t15-,16+/m0/s1. The van der Waals surface area contributed by atoms with Crippen molar-refractivity contribution in [2.24, 2.45) is 5.92 Å². The molecule has 2 aromatic heterocycles. The molecule has 6 heteroatoms. The van der Waals surface area contributed by atoms with E-state index in [2.05, 4.69) is 38.7 Å². The van der Waals surface area contributed by atoms with E-state index >= 15 is 0 Å². The van der Waals surface area contributed by atoms with Crippen LogP contribution in [0.3, 0.4) is 0 Å². The molecule has 2 heterocycles. The molecule has 0 amide bonds. The molecular formula is C18H20N4OS. The molecule has 0 spiro atoms. The maximum Gasteiger partial charge on any atom is 0.206 e. The summed E-state index contributed by atoms with van der Waals surface area (Å²) in [5.74, 6) is 0.319. The van der Waals surface area contributed by atoms with E-state index in [4.69, 9.17) is 0 Å². The molecule has 1 aliphatic carbocycles. The fourth-order valence-electron chi connectivity index (χ4n) is 3.27. The van der Waals surface area contributed by atoms with Gasteiger partial charge in [-0.15, -0.1) is 10.2 Å². The molecule has 1 aromatic carbocycles. The van der Waals surface area contributed by atoms with E-state index in [1.807, 2.05) is 12.3 Å². The molecule has 24 heavy (non-hydrogen) atoms. The molecule has 4 rings (SSSR count). The lowest BCUT2D eigenvalue weighted by Gasteiger charge is -2.27. The van der Waals surface area contributed by atoms with Crippen molar-refractivity contribution < 1.29 is 5.11 Å². The summed E-state index contributed by atoms with van der Waals surface area (Å²) < 4.78 is 0. The lowest BCUT2D eigenvalue weighted by atomic mass is 9.86. The first-order valence-electron chi connectivity index (χ1n) is 8.39. The average Bonchev–Trinajstić information content (AvgIpc) is 3.10. The van der Waals surface area contributed by atoms with Gasteiger partial charge in [0.1, 0.15) is 5.01 Å². The topological polar surface area (TPSA) is 70.9 Å². The lowest BCUT2D eigenvalue weighted by molar-refractivity contribution is 0.0763. The number of anilines is 1. The zero-order valence-electron chi connectivity index (χ0n) is 13.4. The smallest absolute Gasteiger partial charge is 0.206 e. The summed E-state index contributed by atoms with van der Waals surface area (Å²) in [6, 6.07) is 8.24. The van der Waals surface area contributed by atoms with Gasteiger partial charge in [0.25, 0.3) is 0 Å². The minimum Gasteiger partial charge on any atom is -0.393 e. The van der Waals surface area contributed by atoms with Crippen LogP contribution < -0.4 is 5.32 Å². The number of nitrogens with one attached hydrogen (secondary N) is 1. The van der Waals surface area contributed by atoms with Crippen molar-refractivity contribution >= 4 is 27.2 Å². The number of pyridine rings is 1. The molecule has 2 N–H and O–H groups in total. The molecule has 1 aliphatic rings. The molecule has 0 bridgehead atoms. The van der Waals surface area contributed by atoms with Gasteiger partial charge in [-0.25, -0.2) is 0 Å². The van der Waals surface area contributed by atoms with Crippen LogP contribution in [0.4, 0.5) is 5.13 Å². The Kier molecular flexibility index (Phi) is 4.40. The molecule has 5 nitrogen and oxygen atoms in total. The summed E-state index contributed by atoms with van der Waals surface area (Å²) in [6.07, 6.45) is 7.82. The summed E-state index contributed by atoms with van der Waals surface area (Å²) in [4.78, 5) is 4.14. The Labute approximate surface area is 144 Å². The maximum atomic E-state index is 10.1. The van der Waals surface area contributed by atoms with Crippen molar-refractivity contribution in [3.8, 4) is 10.6 Å². The summed E-state index contributed by atoms with van der Waals surface area (Å²) in [5, 5.41) is 25.9. The van der Waals surface area contributed by atoms with E-state index in [-0.39, 0.29) is 6.10 Å². The Hall–Kier alpha value is -2.05. The number of aliphatic hydroxyl groups is 1. The van der Waals surface area contributed by atoms with Crippen LogP contribution in [0.1, 0.15) is 25.7 Å². The van der Waals surface area contributed by atoms with Crippen LogP contribution in [0.25, 0.3) is 21.3 Å². The highest BCUT2D eigenvalue weighted by Gasteiger charge is 2.23. The van der Waals surface area contributed by atoms with E-state index in [0.29, 0.717) is 5.92 Å². The van der Waals surface area contributed by atoms with Crippen molar-refractivity contribution in [3.63, 3.8) is 0 Å². The van der Waals surface area contributed by atoms with Gasteiger partial charge in [-0.3, -0.25) is 4.98 Å². The van der Waals surface area contributed by atoms with Crippen LogP contribution in [0.15, 0.2) is 36.7 Å². The van der Waals surface area contributed by atoms with Crippen LogP contribution in [-0.2, 0) is 0 Å². The molecule has 2 atom stereocenters. The molecule has 1 fully saturated rings. The minimum atomic E-state index is -0.187. The fraction of sp³-hybridized carbons (Fsp3) is 0.389. The number of nitrogens with zero attached hydrogens (tertiary/aromatic N) is 3. The largest absolute Gasteiger partial charge is 0.393 e. The van der Waals surface area contributed by atoms with Crippen LogP contribution >= 0.6 is 11.3 Å². The first-order valence-corrected chi connectivity index (χ1v) is 9.21. The predicted molar refractivity (Wildman–Crippen MR) is 97.1 cm³/mol. The second-order valence-electron chi connectivity index (χ2n) is 6.34. The first kappa shape index (κ1) is 15.5. The molecule has 124 valence electrons. The van der Waals surface area contributed by atoms with E-state index in [9.17, 15) is 5.11 Å². The Morgan fingerprint density at radius 1 is 1.12 bits per heavy atom. The van der Waals surface area contributed by atoms with Crippen molar-refractivity contribution in [2.45, 2.75) is 31.8 Å². The Morgan fingerprint density at radius 2 is 2.04 bits per heavy atom. The normalized spacial score (nSPS) is 21.0. The summed E-state index contributed by atoms with van der Waals surface area (Å²) in [5.41, 5.74) is 1.07. The molecule has 0 radical (unpaired) electrons. The average molecular weight is 340 g/mol. The van der Waals surface area contributed by atoms with Gasteiger partial charge < -0.3 is 10.4 Å². The highest BCUT2D eigenvalue weighted by Crippen LogP contribution is 2.30. The highest BCUT2D eigenvalue weighted by molar-refractivity contribution is 7.18. The first-order chi connectivity index (χ1) is 11.8. The predicted octanol–water partition coefficient (Wildman–Crippen LogP) is 3.72. The highest BCUT2D eigenvalue weighted by atomic mass is 32.1. The quantitative estimate of drug-likeness (QED) is 0.757. The third kappa shape index (κ3) is 3.25. The molecule has 3 aromatic rings. The third-order valence-electron chi connectivity index (χ3n) is 4.70. The van der Waals surface area contributed by atoms with E-state index < -0.39 is 0 Å². The van der Waals surface area contributed by atoms with E-state index in [1.165, 1.54) is 6.42 Å². The summed E-state index contributed by atoms with van der Waals surface area (Å²) in [6.45, 7) is 0.763. The van der Waals surface area contributed by atoms with E-state index in [0.717, 1.165) is 52.3 Å². The Bertz CT molecular complexity index is 835. The second-order valence-corrected chi connectivity index (χ2v) is 7.32. The fourth-order valence-corrected chi connectivity index (χ4v) is 4.02. The van der Waals surface area contributed by atoms with Gasteiger partial charge in [0.05, 0.1) is 6.10 Å². The maximum absolute atomic E-state index is 10.1. The van der Waals surface area contributed by atoms with Crippen molar-refractivity contribution in [1.29, 1.82) is 0 Å². The van der Waals surface area contributed by atoms with Gasteiger partial charge in [0, 0.05) is 35.8 Å².